The summed E-state index contributed by atoms with van der Waals surface area (Å²) in [6.07, 6.45) is 4.04. The average molecular weight is 296 g/mol. The first-order valence-electron chi connectivity index (χ1n) is 7.62. The molecule has 1 aliphatic rings. The Balaban J connectivity index is 1.72. The summed E-state index contributed by atoms with van der Waals surface area (Å²) in [5.41, 5.74) is 3.27. The van der Waals surface area contributed by atoms with Gasteiger partial charge in [-0.25, -0.2) is 9.07 Å². The maximum absolute atomic E-state index is 13.1. The molecule has 0 N–H and O–H groups in total. The van der Waals surface area contributed by atoms with Crippen molar-refractivity contribution in [2.24, 2.45) is 0 Å². The van der Waals surface area contributed by atoms with Crippen molar-refractivity contribution in [2.45, 2.75) is 18.8 Å². The summed E-state index contributed by atoms with van der Waals surface area (Å²) in [5.74, 6) is 0.342. The predicted molar refractivity (Wildman–Crippen MR) is 83.8 cm³/mol. The molecule has 0 bridgehead atoms. The number of ether oxygens (including phenoxy) is 1. The van der Waals surface area contributed by atoms with Crippen molar-refractivity contribution < 1.29 is 9.13 Å². The summed E-state index contributed by atoms with van der Waals surface area (Å²) in [4.78, 5) is 0. The summed E-state index contributed by atoms with van der Waals surface area (Å²) in [7, 11) is 0. The minimum Gasteiger partial charge on any atom is -0.381 e. The summed E-state index contributed by atoms with van der Waals surface area (Å²) in [6, 6.07) is 12.9. The molecule has 112 valence electrons. The molecule has 0 aliphatic carbocycles. The van der Waals surface area contributed by atoms with Crippen LogP contribution in [0.15, 0.2) is 48.7 Å². The number of fused-ring (bicyclic) bond motifs is 1. The Bertz CT molecular complexity index is 788. The maximum Gasteiger partial charge on any atom is 0.123 e. The van der Waals surface area contributed by atoms with Crippen molar-refractivity contribution in [2.75, 3.05) is 13.2 Å². The molecule has 4 heteroatoms. The Kier molecular flexibility index (Phi) is 3.39. The summed E-state index contributed by atoms with van der Waals surface area (Å²) in [6.45, 7) is 1.69. The van der Waals surface area contributed by atoms with E-state index in [-0.39, 0.29) is 5.82 Å². The monoisotopic (exact) mass is 296 g/mol. The first-order valence-corrected chi connectivity index (χ1v) is 7.62. The molecule has 0 unspecified atom stereocenters. The molecule has 0 atom stereocenters. The molecule has 3 nitrogen and oxygen atoms in total. The number of hydrogen-bond acceptors (Lipinski definition) is 2. The van der Waals surface area contributed by atoms with Crippen LogP contribution in [-0.4, -0.2) is 23.0 Å². The van der Waals surface area contributed by atoms with Gasteiger partial charge in [0.15, 0.2) is 0 Å². The fraction of sp³-hybridized carbons (Fsp3) is 0.278. The second-order valence-corrected chi connectivity index (χ2v) is 5.74. The van der Waals surface area contributed by atoms with Crippen LogP contribution in [0.25, 0.3) is 16.6 Å². The van der Waals surface area contributed by atoms with E-state index in [1.54, 1.807) is 12.1 Å². The highest BCUT2D eigenvalue weighted by atomic mass is 19.1. The van der Waals surface area contributed by atoms with Crippen molar-refractivity contribution in [3.8, 4) is 5.69 Å². The van der Waals surface area contributed by atoms with Crippen LogP contribution in [0.2, 0.25) is 0 Å². The second kappa shape index (κ2) is 5.54. The fourth-order valence-electron chi connectivity index (χ4n) is 3.12. The van der Waals surface area contributed by atoms with Crippen LogP contribution in [-0.2, 0) is 4.74 Å². The highest BCUT2D eigenvalue weighted by Gasteiger charge is 2.17. The Morgan fingerprint density at radius 1 is 1.05 bits per heavy atom. The van der Waals surface area contributed by atoms with E-state index in [1.165, 1.54) is 17.7 Å². The molecule has 4 rings (SSSR count). The van der Waals surface area contributed by atoms with E-state index in [4.69, 9.17) is 4.74 Å². The third kappa shape index (κ3) is 2.40. The first kappa shape index (κ1) is 13.5. The smallest absolute Gasteiger partial charge is 0.123 e. The molecule has 1 aliphatic heterocycles. The lowest BCUT2D eigenvalue weighted by molar-refractivity contribution is 0.0853. The highest BCUT2D eigenvalue weighted by molar-refractivity contribution is 5.81. The van der Waals surface area contributed by atoms with Crippen LogP contribution in [0.4, 0.5) is 4.39 Å². The van der Waals surface area contributed by atoms with E-state index in [9.17, 15) is 4.39 Å². The molecule has 22 heavy (non-hydrogen) atoms. The third-order valence-corrected chi connectivity index (χ3v) is 4.36. The van der Waals surface area contributed by atoms with E-state index < -0.39 is 0 Å². The van der Waals surface area contributed by atoms with Gasteiger partial charge in [-0.1, -0.05) is 6.07 Å². The molecule has 2 aromatic carbocycles. The van der Waals surface area contributed by atoms with E-state index in [0.29, 0.717) is 5.92 Å². The topological polar surface area (TPSA) is 27.1 Å². The lowest BCUT2D eigenvalue weighted by Gasteiger charge is -2.22. The van der Waals surface area contributed by atoms with E-state index in [2.05, 4.69) is 23.3 Å². The van der Waals surface area contributed by atoms with Crippen LogP contribution in [0, 0.1) is 5.82 Å². The van der Waals surface area contributed by atoms with Gasteiger partial charge < -0.3 is 4.74 Å². The number of hydrogen-bond donors (Lipinski definition) is 0. The molecule has 0 spiro atoms. The SMILES string of the molecule is Fc1ccc(-n2ncc3cc(C4CCOCC4)ccc32)cc1. The van der Waals surface area contributed by atoms with Gasteiger partial charge >= 0.3 is 0 Å². The Labute approximate surface area is 128 Å². The number of benzene rings is 2. The predicted octanol–water partition coefficient (Wildman–Crippen LogP) is 4.06. The zero-order valence-electron chi connectivity index (χ0n) is 12.2. The number of nitrogens with zero attached hydrogens (tertiary/aromatic N) is 2. The zero-order valence-corrected chi connectivity index (χ0v) is 12.2. The normalized spacial score (nSPS) is 16.2. The van der Waals surface area contributed by atoms with Gasteiger partial charge in [0.05, 0.1) is 17.4 Å². The molecule has 0 saturated carbocycles. The van der Waals surface area contributed by atoms with Gasteiger partial charge in [0.2, 0.25) is 0 Å². The van der Waals surface area contributed by atoms with Gasteiger partial charge in [-0.15, -0.1) is 0 Å². The van der Waals surface area contributed by atoms with Gasteiger partial charge in [-0.3, -0.25) is 0 Å². The lowest BCUT2D eigenvalue weighted by atomic mass is 9.91. The summed E-state index contributed by atoms with van der Waals surface area (Å²) in [5, 5.41) is 5.57. The highest BCUT2D eigenvalue weighted by Crippen LogP contribution is 2.29. The molecular formula is C18H17FN2O. The minimum absolute atomic E-state index is 0.234. The summed E-state index contributed by atoms with van der Waals surface area (Å²) >= 11 is 0. The van der Waals surface area contributed by atoms with Crippen molar-refractivity contribution in [3.63, 3.8) is 0 Å². The third-order valence-electron chi connectivity index (χ3n) is 4.36. The number of rotatable bonds is 2. The van der Waals surface area contributed by atoms with Crippen molar-refractivity contribution >= 4 is 10.9 Å². The van der Waals surface area contributed by atoms with E-state index in [1.807, 2.05) is 10.9 Å². The van der Waals surface area contributed by atoms with Gasteiger partial charge in [-0.05, 0) is 60.7 Å². The van der Waals surface area contributed by atoms with Crippen LogP contribution < -0.4 is 0 Å². The summed E-state index contributed by atoms with van der Waals surface area (Å²) < 4.78 is 20.3. The molecule has 1 saturated heterocycles. The molecule has 1 fully saturated rings. The Morgan fingerprint density at radius 2 is 1.82 bits per heavy atom. The van der Waals surface area contributed by atoms with Crippen LogP contribution in [0.5, 0.6) is 0 Å². The molecule has 1 aromatic heterocycles. The first-order chi connectivity index (χ1) is 10.8. The van der Waals surface area contributed by atoms with Crippen LogP contribution >= 0.6 is 0 Å². The number of halogens is 1. The maximum atomic E-state index is 13.1. The van der Waals surface area contributed by atoms with E-state index in [0.717, 1.165) is 42.6 Å². The molecule has 2 heterocycles. The molecule has 3 aromatic rings. The fourth-order valence-corrected chi connectivity index (χ4v) is 3.12. The average Bonchev–Trinajstić information content (AvgIpc) is 2.99. The largest absolute Gasteiger partial charge is 0.381 e. The van der Waals surface area contributed by atoms with Crippen molar-refractivity contribution in [3.05, 3.63) is 60.0 Å². The molecular weight excluding hydrogens is 279 g/mol. The number of aromatic nitrogens is 2. The quantitative estimate of drug-likeness (QED) is 0.713. The van der Waals surface area contributed by atoms with Gasteiger partial charge in [-0.2, -0.15) is 5.10 Å². The van der Waals surface area contributed by atoms with Gasteiger partial charge in [0.1, 0.15) is 5.82 Å². The van der Waals surface area contributed by atoms with Gasteiger partial charge in [0.25, 0.3) is 0 Å². The van der Waals surface area contributed by atoms with Crippen LogP contribution in [0.1, 0.15) is 24.3 Å². The zero-order chi connectivity index (χ0) is 14.9. The Morgan fingerprint density at radius 3 is 2.59 bits per heavy atom. The Hall–Kier alpha value is -2.20. The van der Waals surface area contributed by atoms with Crippen LogP contribution in [0.3, 0.4) is 0 Å². The standard InChI is InChI=1S/C18H17FN2O/c19-16-2-4-17(5-3-16)21-18-6-1-14(11-15(18)12-20-21)13-7-9-22-10-8-13/h1-6,11-13H,7-10H2. The molecule has 0 amide bonds. The lowest BCUT2D eigenvalue weighted by Crippen LogP contribution is -2.13. The second-order valence-electron chi connectivity index (χ2n) is 5.74. The minimum atomic E-state index is -0.234. The van der Waals surface area contributed by atoms with Crippen molar-refractivity contribution in [1.29, 1.82) is 0 Å². The van der Waals surface area contributed by atoms with E-state index >= 15 is 0 Å². The van der Waals surface area contributed by atoms with Gasteiger partial charge in [0, 0.05) is 18.6 Å². The molecule has 0 radical (unpaired) electrons. The van der Waals surface area contributed by atoms with Crippen molar-refractivity contribution in [1.82, 2.24) is 9.78 Å².